The van der Waals surface area contributed by atoms with Crippen molar-refractivity contribution in [1.29, 1.82) is 0 Å². The highest BCUT2D eigenvalue weighted by Crippen LogP contribution is 2.16. The molecule has 3 aliphatic heterocycles. The van der Waals surface area contributed by atoms with E-state index in [1.807, 2.05) is 9.80 Å². The van der Waals surface area contributed by atoms with Gasteiger partial charge in [0.1, 0.15) is 0 Å². The predicted molar refractivity (Wildman–Crippen MR) is 90.6 cm³/mol. The van der Waals surface area contributed by atoms with Gasteiger partial charge in [-0.05, 0) is 31.8 Å². The zero-order valence-electron chi connectivity index (χ0n) is 14.5. The van der Waals surface area contributed by atoms with Crippen molar-refractivity contribution in [2.45, 2.75) is 19.3 Å². The number of amides is 2. The Morgan fingerprint density at radius 2 is 1.62 bits per heavy atom. The average molecular weight is 338 g/mol. The van der Waals surface area contributed by atoms with E-state index in [4.69, 9.17) is 4.74 Å². The van der Waals surface area contributed by atoms with Gasteiger partial charge in [0.25, 0.3) is 0 Å². The molecule has 0 bridgehead atoms. The van der Waals surface area contributed by atoms with Crippen LogP contribution in [0.3, 0.4) is 0 Å². The fourth-order valence-electron chi connectivity index (χ4n) is 3.70. The van der Waals surface area contributed by atoms with Crippen molar-refractivity contribution in [3.63, 3.8) is 0 Å². The van der Waals surface area contributed by atoms with E-state index in [0.29, 0.717) is 58.3 Å². The largest absolute Gasteiger partial charge is 0.379 e. The third kappa shape index (κ3) is 4.91. The number of piperazine rings is 1. The van der Waals surface area contributed by atoms with Crippen molar-refractivity contribution >= 4 is 11.8 Å². The number of nitrogens with zero attached hydrogens (tertiary/aromatic N) is 3. The fraction of sp³-hybridized carbons (Fsp3) is 0.882. The molecule has 0 aromatic rings. The van der Waals surface area contributed by atoms with Crippen molar-refractivity contribution in [1.82, 2.24) is 20.0 Å². The number of hydrogen-bond acceptors (Lipinski definition) is 5. The van der Waals surface area contributed by atoms with E-state index < -0.39 is 0 Å². The van der Waals surface area contributed by atoms with Crippen molar-refractivity contribution in [3.8, 4) is 0 Å². The van der Waals surface area contributed by atoms with Gasteiger partial charge in [-0.3, -0.25) is 14.5 Å². The van der Waals surface area contributed by atoms with E-state index in [0.717, 1.165) is 32.6 Å². The summed E-state index contributed by atoms with van der Waals surface area (Å²) in [7, 11) is 0. The minimum atomic E-state index is 0.182. The van der Waals surface area contributed by atoms with Gasteiger partial charge in [-0.2, -0.15) is 0 Å². The Balaban J connectivity index is 1.35. The molecule has 3 saturated heterocycles. The van der Waals surface area contributed by atoms with Gasteiger partial charge in [-0.15, -0.1) is 0 Å². The zero-order chi connectivity index (χ0) is 16.8. The van der Waals surface area contributed by atoms with Crippen LogP contribution in [0.15, 0.2) is 0 Å². The van der Waals surface area contributed by atoms with Gasteiger partial charge in [0, 0.05) is 45.7 Å². The second kappa shape index (κ2) is 8.78. The summed E-state index contributed by atoms with van der Waals surface area (Å²) in [5.41, 5.74) is 0. The van der Waals surface area contributed by atoms with Crippen LogP contribution in [0.25, 0.3) is 0 Å². The third-order valence-electron chi connectivity index (χ3n) is 5.38. The molecule has 0 aromatic heterocycles. The van der Waals surface area contributed by atoms with E-state index >= 15 is 0 Å². The molecule has 136 valence electrons. The number of ether oxygens (including phenoxy) is 1. The van der Waals surface area contributed by atoms with Gasteiger partial charge in [0.15, 0.2) is 0 Å². The Morgan fingerprint density at radius 3 is 2.25 bits per heavy atom. The van der Waals surface area contributed by atoms with Crippen LogP contribution in [0.2, 0.25) is 0 Å². The number of nitrogens with one attached hydrogen (secondary N) is 1. The summed E-state index contributed by atoms with van der Waals surface area (Å²) < 4.78 is 5.31. The molecular weight excluding hydrogens is 308 g/mol. The van der Waals surface area contributed by atoms with Crippen LogP contribution in [-0.4, -0.2) is 98.6 Å². The fourth-order valence-corrected chi connectivity index (χ4v) is 3.70. The van der Waals surface area contributed by atoms with E-state index in [1.165, 1.54) is 6.42 Å². The van der Waals surface area contributed by atoms with Crippen molar-refractivity contribution < 1.29 is 14.3 Å². The number of carbonyl (C=O) groups excluding carboxylic acids is 2. The molecule has 3 heterocycles. The standard InChI is InChI=1S/C17H30N4O3/c22-16(2-1-15-3-4-18-13-15)20-5-7-21(8-6-20)17(23)14-19-9-11-24-12-10-19/h15,18H,1-14H2. The first-order chi connectivity index (χ1) is 11.7. The summed E-state index contributed by atoms with van der Waals surface area (Å²) in [4.78, 5) is 30.7. The van der Waals surface area contributed by atoms with E-state index in [-0.39, 0.29) is 11.8 Å². The summed E-state index contributed by atoms with van der Waals surface area (Å²) in [6.45, 7) is 8.40. The second-order valence-corrected chi connectivity index (χ2v) is 7.05. The minimum Gasteiger partial charge on any atom is -0.379 e. The Labute approximate surface area is 144 Å². The Kier molecular flexibility index (Phi) is 6.45. The number of hydrogen-bond donors (Lipinski definition) is 1. The lowest BCUT2D eigenvalue weighted by Crippen LogP contribution is -2.53. The first-order valence-corrected chi connectivity index (χ1v) is 9.29. The highest BCUT2D eigenvalue weighted by Gasteiger charge is 2.26. The lowest BCUT2D eigenvalue weighted by atomic mass is 10.0. The molecule has 1 atom stereocenters. The first-order valence-electron chi connectivity index (χ1n) is 9.29. The SMILES string of the molecule is O=C(CCC1CCNC1)N1CCN(C(=O)CN2CCOCC2)CC1. The quantitative estimate of drug-likeness (QED) is 0.724. The van der Waals surface area contributed by atoms with Crippen LogP contribution < -0.4 is 5.32 Å². The number of morpholine rings is 1. The second-order valence-electron chi connectivity index (χ2n) is 7.05. The molecule has 3 aliphatic rings. The summed E-state index contributed by atoms with van der Waals surface area (Å²) in [6, 6.07) is 0. The zero-order valence-corrected chi connectivity index (χ0v) is 14.5. The molecule has 0 spiro atoms. The molecule has 7 heteroatoms. The third-order valence-corrected chi connectivity index (χ3v) is 5.38. The molecule has 2 amide bonds. The molecule has 1 unspecified atom stereocenters. The lowest BCUT2D eigenvalue weighted by Gasteiger charge is -2.36. The van der Waals surface area contributed by atoms with Crippen molar-refractivity contribution in [3.05, 3.63) is 0 Å². The van der Waals surface area contributed by atoms with Crippen LogP contribution >= 0.6 is 0 Å². The average Bonchev–Trinajstić information content (AvgIpc) is 3.14. The van der Waals surface area contributed by atoms with Crippen LogP contribution in [0.5, 0.6) is 0 Å². The molecule has 0 saturated carbocycles. The first kappa shape index (κ1) is 17.6. The predicted octanol–water partition coefficient (Wildman–Crippen LogP) is -0.621. The summed E-state index contributed by atoms with van der Waals surface area (Å²) in [5, 5.41) is 3.35. The van der Waals surface area contributed by atoms with Gasteiger partial charge in [0.2, 0.25) is 11.8 Å². The highest BCUT2D eigenvalue weighted by atomic mass is 16.5. The van der Waals surface area contributed by atoms with E-state index in [1.54, 1.807) is 0 Å². The Morgan fingerprint density at radius 1 is 0.958 bits per heavy atom. The van der Waals surface area contributed by atoms with Gasteiger partial charge in [-0.1, -0.05) is 0 Å². The molecule has 0 aromatic carbocycles. The highest BCUT2D eigenvalue weighted by molar-refractivity contribution is 5.79. The number of carbonyl (C=O) groups is 2. The van der Waals surface area contributed by atoms with Crippen LogP contribution in [0.4, 0.5) is 0 Å². The maximum Gasteiger partial charge on any atom is 0.236 e. The lowest BCUT2D eigenvalue weighted by molar-refractivity contribution is -0.140. The van der Waals surface area contributed by atoms with Gasteiger partial charge in [0.05, 0.1) is 19.8 Å². The summed E-state index contributed by atoms with van der Waals surface area (Å²) in [6.07, 6.45) is 2.83. The summed E-state index contributed by atoms with van der Waals surface area (Å²) >= 11 is 0. The molecule has 1 N–H and O–H groups in total. The van der Waals surface area contributed by atoms with E-state index in [9.17, 15) is 9.59 Å². The molecule has 24 heavy (non-hydrogen) atoms. The molecule has 7 nitrogen and oxygen atoms in total. The van der Waals surface area contributed by atoms with Crippen molar-refractivity contribution in [2.75, 3.05) is 72.1 Å². The molecule has 0 radical (unpaired) electrons. The Hall–Kier alpha value is -1.18. The molecule has 3 fully saturated rings. The normalized spacial score (nSPS) is 25.9. The van der Waals surface area contributed by atoms with Crippen LogP contribution in [0.1, 0.15) is 19.3 Å². The smallest absolute Gasteiger partial charge is 0.236 e. The van der Waals surface area contributed by atoms with Gasteiger partial charge in [-0.25, -0.2) is 0 Å². The summed E-state index contributed by atoms with van der Waals surface area (Å²) in [5.74, 6) is 1.09. The monoisotopic (exact) mass is 338 g/mol. The van der Waals surface area contributed by atoms with Crippen LogP contribution in [-0.2, 0) is 14.3 Å². The molecule has 0 aliphatic carbocycles. The molecular formula is C17H30N4O3. The van der Waals surface area contributed by atoms with Gasteiger partial charge < -0.3 is 19.9 Å². The number of rotatable bonds is 5. The van der Waals surface area contributed by atoms with Crippen molar-refractivity contribution in [2.24, 2.45) is 5.92 Å². The van der Waals surface area contributed by atoms with Crippen LogP contribution in [0, 0.1) is 5.92 Å². The Bertz CT molecular complexity index is 426. The minimum absolute atomic E-state index is 0.182. The maximum absolute atomic E-state index is 12.4. The molecule has 3 rings (SSSR count). The maximum atomic E-state index is 12.4. The topological polar surface area (TPSA) is 65.1 Å². The van der Waals surface area contributed by atoms with E-state index in [2.05, 4.69) is 10.2 Å². The van der Waals surface area contributed by atoms with Gasteiger partial charge >= 0.3 is 0 Å².